The number of aromatic nitrogens is 1. The molecule has 1 saturated heterocycles. The fraction of sp³-hybridized carbons (Fsp3) is 0.769. The smallest absolute Gasteiger partial charge is 0.124 e. The van der Waals surface area contributed by atoms with Crippen LogP contribution in [0.5, 0.6) is 0 Å². The highest BCUT2D eigenvalue weighted by Gasteiger charge is 2.27. The number of nitrogens with zero attached hydrogens (tertiary/aromatic N) is 2. The van der Waals surface area contributed by atoms with Crippen LogP contribution >= 0.6 is 0 Å². The summed E-state index contributed by atoms with van der Waals surface area (Å²) < 4.78 is 4.89. The summed E-state index contributed by atoms with van der Waals surface area (Å²) in [6.45, 7) is 9.90. The van der Waals surface area contributed by atoms with Crippen LogP contribution in [-0.4, -0.2) is 35.2 Å². The monoisotopic (exact) mass is 237 g/mol. The third-order valence-corrected chi connectivity index (χ3v) is 3.92. The summed E-state index contributed by atoms with van der Waals surface area (Å²) in [6.07, 6.45) is 2.87. The molecule has 4 nitrogen and oxygen atoms in total. The van der Waals surface area contributed by atoms with Crippen molar-refractivity contribution in [3.05, 3.63) is 18.0 Å². The standard InChI is InChI=1S/C13H23N3O/c1-4-10(2)13-9-16(11(3)7-14-13)8-12-5-6-17-15-12/h5-6,10-11,13-14H,4,7-9H2,1-3H3. The Morgan fingerprint density at radius 1 is 1.65 bits per heavy atom. The summed E-state index contributed by atoms with van der Waals surface area (Å²) in [5.41, 5.74) is 1.03. The average molecular weight is 237 g/mol. The van der Waals surface area contributed by atoms with Crippen LogP contribution in [0.3, 0.4) is 0 Å². The molecule has 2 rings (SSSR count). The maximum Gasteiger partial charge on any atom is 0.124 e. The maximum atomic E-state index is 4.89. The molecule has 1 aliphatic rings. The molecule has 0 radical (unpaired) electrons. The van der Waals surface area contributed by atoms with Gasteiger partial charge in [0.15, 0.2) is 0 Å². The van der Waals surface area contributed by atoms with E-state index >= 15 is 0 Å². The van der Waals surface area contributed by atoms with Crippen molar-refractivity contribution in [3.63, 3.8) is 0 Å². The summed E-state index contributed by atoms with van der Waals surface area (Å²) in [7, 11) is 0. The highest BCUT2D eigenvalue weighted by atomic mass is 16.5. The molecule has 3 atom stereocenters. The first-order chi connectivity index (χ1) is 8.20. The van der Waals surface area contributed by atoms with Crippen molar-refractivity contribution in [3.8, 4) is 0 Å². The molecule has 1 aliphatic heterocycles. The molecule has 0 amide bonds. The molecule has 96 valence electrons. The van der Waals surface area contributed by atoms with Gasteiger partial charge in [-0.3, -0.25) is 4.90 Å². The van der Waals surface area contributed by atoms with Gasteiger partial charge in [0.2, 0.25) is 0 Å². The van der Waals surface area contributed by atoms with E-state index in [0.717, 1.165) is 31.2 Å². The Morgan fingerprint density at radius 3 is 3.12 bits per heavy atom. The van der Waals surface area contributed by atoms with Gasteiger partial charge in [0.25, 0.3) is 0 Å². The molecule has 2 heterocycles. The predicted molar refractivity (Wildman–Crippen MR) is 67.6 cm³/mol. The van der Waals surface area contributed by atoms with E-state index in [9.17, 15) is 0 Å². The first-order valence-corrected chi connectivity index (χ1v) is 6.57. The molecule has 4 heteroatoms. The molecule has 17 heavy (non-hydrogen) atoms. The lowest BCUT2D eigenvalue weighted by Gasteiger charge is -2.40. The lowest BCUT2D eigenvalue weighted by atomic mass is 9.95. The van der Waals surface area contributed by atoms with Crippen LogP contribution < -0.4 is 5.32 Å². The van der Waals surface area contributed by atoms with Gasteiger partial charge in [0, 0.05) is 37.8 Å². The van der Waals surface area contributed by atoms with Crippen LogP contribution in [0.2, 0.25) is 0 Å². The molecule has 1 aromatic rings. The fourth-order valence-corrected chi connectivity index (χ4v) is 2.36. The number of rotatable bonds is 4. The van der Waals surface area contributed by atoms with Crippen molar-refractivity contribution >= 4 is 0 Å². The summed E-state index contributed by atoms with van der Waals surface area (Å²) >= 11 is 0. The predicted octanol–water partition coefficient (Wildman–Crippen LogP) is 1.88. The lowest BCUT2D eigenvalue weighted by molar-refractivity contribution is 0.109. The molecule has 0 saturated carbocycles. The molecule has 3 unspecified atom stereocenters. The zero-order valence-electron chi connectivity index (χ0n) is 11.0. The van der Waals surface area contributed by atoms with Gasteiger partial charge in [-0.05, 0) is 12.8 Å². The van der Waals surface area contributed by atoms with E-state index in [1.165, 1.54) is 6.42 Å². The first kappa shape index (κ1) is 12.6. The second kappa shape index (κ2) is 5.65. The summed E-state index contributed by atoms with van der Waals surface area (Å²) in [5, 5.41) is 7.64. The SMILES string of the molecule is CCC(C)C1CN(Cc2ccon2)C(C)CN1. The van der Waals surface area contributed by atoms with Gasteiger partial charge in [0.05, 0.1) is 5.69 Å². The number of piperazine rings is 1. The molecular weight excluding hydrogens is 214 g/mol. The van der Waals surface area contributed by atoms with Gasteiger partial charge in [0.1, 0.15) is 6.26 Å². The molecule has 1 N–H and O–H groups in total. The van der Waals surface area contributed by atoms with Gasteiger partial charge in [-0.2, -0.15) is 0 Å². The summed E-state index contributed by atoms with van der Waals surface area (Å²) in [5.74, 6) is 0.724. The van der Waals surface area contributed by atoms with E-state index in [2.05, 4.69) is 36.1 Å². The Bertz CT molecular complexity index is 325. The maximum absolute atomic E-state index is 4.89. The Hall–Kier alpha value is -0.870. The molecular formula is C13H23N3O. The van der Waals surface area contributed by atoms with Gasteiger partial charge in [-0.25, -0.2) is 0 Å². The average Bonchev–Trinajstić information content (AvgIpc) is 2.84. The summed E-state index contributed by atoms with van der Waals surface area (Å²) in [4.78, 5) is 2.49. The minimum atomic E-state index is 0.562. The van der Waals surface area contributed by atoms with Crippen molar-refractivity contribution in [2.45, 2.75) is 45.8 Å². The normalized spacial score (nSPS) is 28.2. The number of hydrogen-bond acceptors (Lipinski definition) is 4. The Morgan fingerprint density at radius 2 is 2.47 bits per heavy atom. The Labute approximate surface area is 103 Å². The van der Waals surface area contributed by atoms with E-state index < -0.39 is 0 Å². The van der Waals surface area contributed by atoms with E-state index in [1.54, 1.807) is 6.26 Å². The van der Waals surface area contributed by atoms with Crippen LogP contribution in [0, 0.1) is 5.92 Å². The van der Waals surface area contributed by atoms with Crippen molar-refractivity contribution in [1.82, 2.24) is 15.4 Å². The Kier molecular flexibility index (Phi) is 4.18. The van der Waals surface area contributed by atoms with Gasteiger partial charge in [-0.15, -0.1) is 0 Å². The fourth-order valence-electron chi connectivity index (χ4n) is 2.36. The zero-order valence-corrected chi connectivity index (χ0v) is 11.0. The van der Waals surface area contributed by atoms with Crippen LogP contribution in [0.4, 0.5) is 0 Å². The lowest BCUT2D eigenvalue weighted by Crippen LogP contribution is -2.56. The minimum absolute atomic E-state index is 0.562. The highest BCUT2D eigenvalue weighted by Crippen LogP contribution is 2.17. The van der Waals surface area contributed by atoms with Crippen LogP contribution in [-0.2, 0) is 6.54 Å². The first-order valence-electron chi connectivity index (χ1n) is 6.57. The third-order valence-electron chi connectivity index (χ3n) is 3.92. The van der Waals surface area contributed by atoms with E-state index in [4.69, 9.17) is 4.52 Å². The number of nitrogens with one attached hydrogen (secondary N) is 1. The molecule has 0 aromatic carbocycles. The van der Waals surface area contributed by atoms with Gasteiger partial charge < -0.3 is 9.84 Å². The van der Waals surface area contributed by atoms with E-state index in [1.807, 2.05) is 6.07 Å². The topological polar surface area (TPSA) is 41.3 Å². The van der Waals surface area contributed by atoms with Crippen molar-refractivity contribution in [1.29, 1.82) is 0 Å². The van der Waals surface area contributed by atoms with Crippen molar-refractivity contribution in [2.24, 2.45) is 5.92 Å². The van der Waals surface area contributed by atoms with E-state index in [0.29, 0.717) is 12.1 Å². The third kappa shape index (κ3) is 3.07. The van der Waals surface area contributed by atoms with Crippen molar-refractivity contribution in [2.75, 3.05) is 13.1 Å². The second-order valence-corrected chi connectivity index (χ2v) is 5.17. The second-order valence-electron chi connectivity index (χ2n) is 5.17. The van der Waals surface area contributed by atoms with Crippen LogP contribution in [0.1, 0.15) is 32.9 Å². The quantitative estimate of drug-likeness (QED) is 0.868. The van der Waals surface area contributed by atoms with Crippen LogP contribution in [0.25, 0.3) is 0 Å². The van der Waals surface area contributed by atoms with Crippen LogP contribution in [0.15, 0.2) is 16.9 Å². The largest absolute Gasteiger partial charge is 0.364 e. The van der Waals surface area contributed by atoms with Crippen molar-refractivity contribution < 1.29 is 4.52 Å². The molecule has 1 aromatic heterocycles. The van der Waals surface area contributed by atoms with E-state index in [-0.39, 0.29) is 0 Å². The highest BCUT2D eigenvalue weighted by molar-refractivity contribution is 4.97. The Balaban J connectivity index is 1.95. The molecule has 1 fully saturated rings. The number of hydrogen-bond donors (Lipinski definition) is 1. The zero-order chi connectivity index (χ0) is 12.3. The van der Waals surface area contributed by atoms with Gasteiger partial charge in [-0.1, -0.05) is 25.4 Å². The summed E-state index contributed by atoms with van der Waals surface area (Å²) in [6, 6.07) is 3.11. The van der Waals surface area contributed by atoms with Gasteiger partial charge >= 0.3 is 0 Å². The minimum Gasteiger partial charge on any atom is -0.364 e. The molecule has 0 spiro atoms. The molecule has 0 bridgehead atoms. The molecule has 0 aliphatic carbocycles.